The number of nitrogens with one attached hydrogen (secondary N) is 4. The highest BCUT2D eigenvalue weighted by Gasteiger charge is 2.24. The Hall–Kier alpha value is -2.90. The Morgan fingerprint density at radius 1 is 0.903 bits per heavy atom. The van der Waals surface area contributed by atoms with Crippen molar-refractivity contribution in [3.05, 3.63) is 59.7 Å². The van der Waals surface area contributed by atoms with Crippen molar-refractivity contribution in [2.75, 3.05) is 57.7 Å². The zero-order valence-corrected chi connectivity index (χ0v) is 18.5. The molecule has 1 aliphatic heterocycles. The van der Waals surface area contributed by atoms with Crippen LogP contribution in [0.4, 0.5) is 5.69 Å². The fourth-order valence-corrected chi connectivity index (χ4v) is 3.76. The molecule has 166 valence electrons. The van der Waals surface area contributed by atoms with Crippen LogP contribution in [-0.2, 0) is 9.59 Å². The molecule has 31 heavy (non-hydrogen) atoms. The fourth-order valence-electron chi connectivity index (χ4n) is 3.76. The van der Waals surface area contributed by atoms with E-state index in [1.54, 1.807) is 0 Å². The minimum Gasteiger partial charge on any atom is -0.488 e. The molecule has 0 bridgehead atoms. The first-order chi connectivity index (χ1) is 15.0. The lowest BCUT2D eigenvalue weighted by molar-refractivity contribution is -1.01. The average molecular weight is 427 g/mol. The summed E-state index contributed by atoms with van der Waals surface area (Å²) in [5.41, 5.74) is 2.96. The lowest BCUT2D eigenvalue weighted by Crippen LogP contribution is -3.28. The maximum atomic E-state index is 12.3. The number of ether oxygens (including phenoxy) is 1. The topological polar surface area (TPSA) is 76.3 Å². The first-order valence-electron chi connectivity index (χ1n) is 11.0. The van der Waals surface area contributed by atoms with E-state index >= 15 is 0 Å². The quantitative estimate of drug-likeness (QED) is 0.425. The second kappa shape index (κ2) is 11.5. The molecule has 0 saturated carbocycles. The number of rotatable bonds is 9. The third kappa shape index (κ3) is 7.38. The smallest absolute Gasteiger partial charge is 0.275 e. The predicted molar refractivity (Wildman–Crippen MR) is 121 cm³/mol. The highest BCUT2D eigenvalue weighted by molar-refractivity contribution is 5.95. The van der Waals surface area contributed by atoms with Crippen LogP contribution in [0.3, 0.4) is 0 Å². The van der Waals surface area contributed by atoms with Gasteiger partial charge in [0.1, 0.15) is 45.1 Å². The van der Waals surface area contributed by atoms with Crippen LogP contribution in [0.1, 0.15) is 11.1 Å². The number of hydrogen-bond acceptors (Lipinski definition) is 3. The van der Waals surface area contributed by atoms with Crippen molar-refractivity contribution in [2.45, 2.75) is 13.8 Å². The number of benzene rings is 2. The zero-order chi connectivity index (χ0) is 22.1. The molecule has 1 aliphatic rings. The Kier molecular flexibility index (Phi) is 8.44. The van der Waals surface area contributed by atoms with E-state index in [1.807, 2.05) is 62.4 Å². The number of anilines is 1. The van der Waals surface area contributed by atoms with E-state index in [0.29, 0.717) is 13.2 Å². The molecule has 1 fully saturated rings. The molecule has 7 heteroatoms. The Morgan fingerprint density at radius 3 is 2.35 bits per heavy atom. The maximum absolute atomic E-state index is 12.3. The van der Waals surface area contributed by atoms with Gasteiger partial charge >= 0.3 is 0 Å². The van der Waals surface area contributed by atoms with Crippen LogP contribution in [0, 0.1) is 13.8 Å². The number of amides is 2. The summed E-state index contributed by atoms with van der Waals surface area (Å²) < 4.78 is 5.78. The standard InChI is InChI=1S/C24H32N4O3/c1-19-7-6-10-22(20(19)2)26-23(29)17-25-24(30)18-28-13-11-27(12-14-28)15-16-31-21-8-4-3-5-9-21/h3-10H,11-18H2,1-2H3,(H,25,30)(H,26,29)/p+2. The van der Waals surface area contributed by atoms with Gasteiger partial charge in [-0.1, -0.05) is 30.3 Å². The van der Waals surface area contributed by atoms with Gasteiger partial charge in [0.15, 0.2) is 6.54 Å². The van der Waals surface area contributed by atoms with Crippen LogP contribution in [0.25, 0.3) is 0 Å². The number of para-hydroxylation sites is 1. The summed E-state index contributed by atoms with van der Waals surface area (Å²) in [5, 5.41) is 5.62. The SMILES string of the molecule is Cc1cccc(NC(=O)CNC(=O)C[NH+]2CC[NH+](CCOc3ccccc3)CC2)c1C. The van der Waals surface area contributed by atoms with E-state index in [-0.39, 0.29) is 18.4 Å². The van der Waals surface area contributed by atoms with Gasteiger partial charge in [0.05, 0.1) is 6.54 Å². The molecule has 0 radical (unpaired) electrons. The van der Waals surface area contributed by atoms with Gasteiger partial charge in [0, 0.05) is 5.69 Å². The molecular formula is C24H34N4O3+2. The van der Waals surface area contributed by atoms with Crippen molar-refractivity contribution in [3.8, 4) is 5.75 Å². The first kappa shape index (κ1) is 22.8. The van der Waals surface area contributed by atoms with Gasteiger partial charge in [0.2, 0.25) is 5.91 Å². The van der Waals surface area contributed by atoms with E-state index in [9.17, 15) is 9.59 Å². The van der Waals surface area contributed by atoms with E-state index in [0.717, 1.165) is 55.3 Å². The number of quaternary nitrogens is 2. The van der Waals surface area contributed by atoms with E-state index in [2.05, 4.69) is 10.6 Å². The molecule has 3 rings (SSSR count). The van der Waals surface area contributed by atoms with Gasteiger partial charge in [0.25, 0.3) is 5.91 Å². The van der Waals surface area contributed by atoms with Crippen LogP contribution < -0.4 is 25.2 Å². The Labute approximate surface area is 184 Å². The molecule has 0 atom stereocenters. The van der Waals surface area contributed by atoms with Crippen molar-refractivity contribution in [1.82, 2.24) is 5.32 Å². The summed E-state index contributed by atoms with van der Waals surface area (Å²) in [6, 6.07) is 15.7. The molecule has 2 amide bonds. The van der Waals surface area contributed by atoms with Gasteiger partial charge in [-0.3, -0.25) is 9.59 Å². The van der Waals surface area contributed by atoms with E-state index in [1.165, 1.54) is 9.80 Å². The second-order valence-electron chi connectivity index (χ2n) is 8.16. The third-order valence-corrected chi connectivity index (χ3v) is 5.87. The van der Waals surface area contributed by atoms with Crippen LogP contribution >= 0.6 is 0 Å². The van der Waals surface area contributed by atoms with Crippen molar-refractivity contribution in [1.29, 1.82) is 0 Å². The average Bonchev–Trinajstić information content (AvgIpc) is 2.77. The lowest BCUT2D eigenvalue weighted by Gasteiger charge is -2.29. The summed E-state index contributed by atoms with van der Waals surface area (Å²) in [6.45, 7) is 9.98. The normalized spacial score (nSPS) is 18.3. The van der Waals surface area contributed by atoms with Crippen LogP contribution in [0.2, 0.25) is 0 Å². The van der Waals surface area contributed by atoms with Gasteiger partial charge < -0.3 is 25.2 Å². The molecule has 1 heterocycles. The highest BCUT2D eigenvalue weighted by Crippen LogP contribution is 2.17. The first-order valence-corrected chi connectivity index (χ1v) is 11.0. The number of carbonyl (C=O) groups excluding carboxylic acids is 2. The summed E-state index contributed by atoms with van der Waals surface area (Å²) in [6.07, 6.45) is 0. The fraction of sp³-hybridized carbons (Fsp3) is 0.417. The van der Waals surface area contributed by atoms with E-state index < -0.39 is 0 Å². The molecule has 7 nitrogen and oxygen atoms in total. The summed E-state index contributed by atoms with van der Waals surface area (Å²) in [5.74, 6) is 0.621. The Balaban J connectivity index is 1.30. The number of carbonyl (C=O) groups is 2. The molecule has 2 aromatic rings. The van der Waals surface area contributed by atoms with E-state index in [4.69, 9.17) is 4.74 Å². The maximum Gasteiger partial charge on any atom is 0.275 e. The number of hydrogen-bond donors (Lipinski definition) is 4. The lowest BCUT2D eigenvalue weighted by atomic mass is 10.1. The molecule has 0 unspecified atom stereocenters. The molecule has 1 saturated heterocycles. The van der Waals surface area contributed by atoms with Gasteiger partial charge in [-0.25, -0.2) is 0 Å². The van der Waals surface area contributed by atoms with Crippen molar-refractivity contribution in [2.24, 2.45) is 0 Å². The van der Waals surface area contributed by atoms with Crippen molar-refractivity contribution < 1.29 is 24.1 Å². The molecule has 0 aliphatic carbocycles. The third-order valence-electron chi connectivity index (χ3n) is 5.87. The van der Waals surface area contributed by atoms with Gasteiger partial charge in [-0.2, -0.15) is 0 Å². The predicted octanol–water partition coefficient (Wildman–Crippen LogP) is -0.779. The number of aryl methyl sites for hydroxylation is 1. The largest absolute Gasteiger partial charge is 0.488 e. The van der Waals surface area contributed by atoms with Crippen molar-refractivity contribution >= 4 is 17.5 Å². The minimum atomic E-state index is -0.204. The number of piperazine rings is 1. The summed E-state index contributed by atoms with van der Waals surface area (Å²) in [4.78, 5) is 27.2. The van der Waals surface area contributed by atoms with Crippen molar-refractivity contribution in [3.63, 3.8) is 0 Å². The van der Waals surface area contributed by atoms with Gasteiger partial charge in [-0.05, 0) is 43.2 Å². The highest BCUT2D eigenvalue weighted by atomic mass is 16.5. The Morgan fingerprint density at radius 2 is 1.61 bits per heavy atom. The summed E-state index contributed by atoms with van der Waals surface area (Å²) >= 11 is 0. The molecule has 0 aromatic heterocycles. The molecule has 0 spiro atoms. The van der Waals surface area contributed by atoms with Gasteiger partial charge in [-0.15, -0.1) is 0 Å². The van der Waals surface area contributed by atoms with Crippen LogP contribution in [0.15, 0.2) is 48.5 Å². The second-order valence-corrected chi connectivity index (χ2v) is 8.16. The molecule has 2 aromatic carbocycles. The van der Waals surface area contributed by atoms with Crippen LogP contribution in [-0.4, -0.2) is 64.2 Å². The molecule has 4 N–H and O–H groups in total. The Bertz CT molecular complexity index is 864. The van der Waals surface area contributed by atoms with Crippen LogP contribution in [0.5, 0.6) is 5.75 Å². The monoisotopic (exact) mass is 426 g/mol. The zero-order valence-electron chi connectivity index (χ0n) is 18.5. The molecular weight excluding hydrogens is 392 g/mol. The summed E-state index contributed by atoms with van der Waals surface area (Å²) in [7, 11) is 0. The minimum absolute atomic E-state index is 0.00625.